The Balaban J connectivity index is 2.87. The van der Waals surface area contributed by atoms with Crippen LogP contribution in [0.3, 0.4) is 0 Å². The van der Waals surface area contributed by atoms with E-state index in [1.807, 2.05) is 0 Å². The smallest absolute Gasteiger partial charge is 0.322 e. The average molecular weight is 255 g/mol. The Labute approximate surface area is 107 Å². The van der Waals surface area contributed by atoms with E-state index in [4.69, 9.17) is 9.47 Å². The predicted molar refractivity (Wildman–Crippen MR) is 70.1 cm³/mol. The summed E-state index contributed by atoms with van der Waals surface area (Å²) in [6, 6.07) is 0.406. The lowest BCUT2D eigenvalue weighted by Gasteiger charge is -2.21. The Bertz CT molecular complexity index is 350. The van der Waals surface area contributed by atoms with Crippen molar-refractivity contribution in [1.82, 2.24) is 15.0 Å². The molecule has 0 aliphatic heterocycles. The van der Waals surface area contributed by atoms with Gasteiger partial charge in [-0.3, -0.25) is 0 Å². The summed E-state index contributed by atoms with van der Waals surface area (Å²) in [5.41, 5.74) is 0. The normalized spacial score (nSPS) is 12.3. The number of rotatable bonds is 7. The number of hydrogen-bond acceptors (Lipinski definition) is 7. The second kappa shape index (κ2) is 6.95. The summed E-state index contributed by atoms with van der Waals surface area (Å²) >= 11 is 0. The molecule has 1 atom stereocenters. The third-order valence-corrected chi connectivity index (χ3v) is 2.49. The fourth-order valence-corrected chi connectivity index (χ4v) is 1.37. The molecule has 7 nitrogen and oxygen atoms in total. The van der Waals surface area contributed by atoms with Gasteiger partial charge in [0.05, 0.1) is 19.8 Å². The van der Waals surface area contributed by atoms with Gasteiger partial charge in [-0.2, -0.15) is 15.0 Å². The van der Waals surface area contributed by atoms with Gasteiger partial charge in [0.25, 0.3) is 0 Å². The first-order valence-electron chi connectivity index (χ1n) is 5.84. The first kappa shape index (κ1) is 14.4. The topological polar surface area (TPSA) is 81.2 Å². The van der Waals surface area contributed by atoms with Crippen LogP contribution in [0.5, 0.6) is 6.01 Å². The van der Waals surface area contributed by atoms with Gasteiger partial charge in [-0.25, -0.2) is 0 Å². The highest BCUT2D eigenvalue weighted by Crippen LogP contribution is 2.13. The lowest BCUT2D eigenvalue weighted by molar-refractivity contribution is 0.171. The van der Waals surface area contributed by atoms with Crippen LogP contribution in [0.1, 0.15) is 13.8 Å². The molecular weight excluding hydrogens is 234 g/mol. The van der Waals surface area contributed by atoms with E-state index in [9.17, 15) is 0 Å². The lowest BCUT2D eigenvalue weighted by atomic mass is 10.1. The van der Waals surface area contributed by atoms with Crippen LogP contribution in [0, 0.1) is 5.92 Å². The Morgan fingerprint density at radius 2 is 1.78 bits per heavy atom. The molecule has 0 aliphatic rings. The van der Waals surface area contributed by atoms with Crippen molar-refractivity contribution in [2.24, 2.45) is 5.92 Å². The van der Waals surface area contributed by atoms with Crippen molar-refractivity contribution < 1.29 is 9.47 Å². The molecule has 1 unspecified atom stereocenters. The summed E-state index contributed by atoms with van der Waals surface area (Å²) in [7, 11) is 4.94. The standard InChI is InChI=1S/C11H21N5O2/c1-7(2)8(6-17-4)13-10-14-9(12-3)15-11(16-10)18-5/h7-8H,6H2,1-5H3,(H2,12,13,14,15,16). The van der Waals surface area contributed by atoms with E-state index in [-0.39, 0.29) is 12.1 Å². The minimum Gasteiger partial charge on any atom is -0.467 e. The van der Waals surface area contributed by atoms with E-state index >= 15 is 0 Å². The summed E-state index contributed by atoms with van der Waals surface area (Å²) in [5.74, 6) is 1.33. The van der Waals surface area contributed by atoms with Crippen molar-refractivity contribution in [2.45, 2.75) is 19.9 Å². The molecule has 0 fully saturated rings. The number of hydrogen-bond donors (Lipinski definition) is 2. The number of aromatic nitrogens is 3. The Hall–Kier alpha value is -1.63. The van der Waals surface area contributed by atoms with Gasteiger partial charge >= 0.3 is 6.01 Å². The summed E-state index contributed by atoms with van der Waals surface area (Å²) < 4.78 is 10.2. The van der Waals surface area contributed by atoms with Gasteiger partial charge in [0.2, 0.25) is 11.9 Å². The van der Waals surface area contributed by atoms with Crippen LogP contribution in [-0.2, 0) is 4.74 Å². The highest BCUT2D eigenvalue weighted by molar-refractivity contribution is 5.36. The second-order valence-corrected chi connectivity index (χ2v) is 4.17. The molecule has 102 valence electrons. The van der Waals surface area contributed by atoms with Crippen molar-refractivity contribution >= 4 is 11.9 Å². The molecule has 0 saturated carbocycles. The number of nitrogens with one attached hydrogen (secondary N) is 2. The van der Waals surface area contributed by atoms with Gasteiger partial charge in [0, 0.05) is 14.2 Å². The first-order chi connectivity index (χ1) is 8.60. The fourth-order valence-electron chi connectivity index (χ4n) is 1.37. The molecule has 2 N–H and O–H groups in total. The third kappa shape index (κ3) is 3.99. The number of methoxy groups -OCH3 is 2. The molecule has 0 amide bonds. The predicted octanol–water partition coefficient (Wildman–Crippen LogP) is 1.00. The molecule has 0 aromatic carbocycles. The zero-order valence-electron chi connectivity index (χ0n) is 11.5. The van der Waals surface area contributed by atoms with Gasteiger partial charge < -0.3 is 20.1 Å². The number of ether oxygens (including phenoxy) is 2. The molecule has 1 aromatic heterocycles. The molecule has 7 heteroatoms. The fraction of sp³-hybridized carbons (Fsp3) is 0.727. The molecule has 18 heavy (non-hydrogen) atoms. The van der Waals surface area contributed by atoms with Crippen molar-refractivity contribution in [2.75, 3.05) is 38.5 Å². The van der Waals surface area contributed by atoms with Crippen LogP contribution < -0.4 is 15.4 Å². The highest BCUT2D eigenvalue weighted by atomic mass is 16.5. The SMILES string of the molecule is CNc1nc(NC(COC)C(C)C)nc(OC)n1. The molecule has 0 spiro atoms. The number of nitrogens with zero attached hydrogens (tertiary/aromatic N) is 3. The van der Waals surface area contributed by atoms with Gasteiger partial charge in [0.1, 0.15) is 0 Å². The largest absolute Gasteiger partial charge is 0.467 e. The maximum atomic E-state index is 5.17. The zero-order chi connectivity index (χ0) is 13.5. The van der Waals surface area contributed by atoms with Crippen LogP contribution in [0.4, 0.5) is 11.9 Å². The molecule has 0 aliphatic carbocycles. The molecule has 0 saturated heterocycles. The summed E-state index contributed by atoms with van der Waals surface area (Å²) in [6.45, 7) is 4.79. The molecule has 0 bridgehead atoms. The van der Waals surface area contributed by atoms with Crippen molar-refractivity contribution in [3.05, 3.63) is 0 Å². The zero-order valence-corrected chi connectivity index (χ0v) is 11.5. The van der Waals surface area contributed by atoms with Crippen molar-refractivity contribution in [3.63, 3.8) is 0 Å². The lowest BCUT2D eigenvalue weighted by Crippen LogP contribution is -2.31. The highest BCUT2D eigenvalue weighted by Gasteiger charge is 2.15. The van der Waals surface area contributed by atoms with Gasteiger partial charge in [-0.1, -0.05) is 13.8 Å². The Kier molecular flexibility index (Phi) is 5.57. The summed E-state index contributed by atoms with van der Waals surface area (Å²) in [6.07, 6.45) is 0. The average Bonchev–Trinajstić information content (AvgIpc) is 2.37. The van der Waals surface area contributed by atoms with Gasteiger partial charge in [0.15, 0.2) is 0 Å². The van der Waals surface area contributed by atoms with E-state index in [1.54, 1.807) is 14.2 Å². The summed E-state index contributed by atoms with van der Waals surface area (Å²) in [4.78, 5) is 12.4. The molecular formula is C11H21N5O2. The van der Waals surface area contributed by atoms with E-state index in [0.29, 0.717) is 24.4 Å². The van der Waals surface area contributed by atoms with E-state index in [2.05, 4.69) is 39.4 Å². The Morgan fingerprint density at radius 3 is 2.28 bits per heavy atom. The maximum Gasteiger partial charge on any atom is 0.322 e. The Morgan fingerprint density at radius 1 is 1.11 bits per heavy atom. The minimum absolute atomic E-state index is 0.131. The molecule has 0 radical (unpaired) electrons. The number of anilines is 2. The molecule has 1 rings (SSSR count). The van der Waals surface area contributed by atoms with E-state index < -0.39 is 0 Å². The van der Waals surface area contributed by atoms with Crippen LogP contribution in [0.15, 0.2) is 0 Å². The third-order valence-electron chi connectivity index (χ3n) is 2.49. The minimum atomic E-state index is 0.131. The van der Waals surface area contributed by atoms with Gasteiger partial charge in [-0.15, -0.1) is 0 Å². The maximum absolute atomic E-state index is 5.17. The second-order valence-electron chi connectivity index (χ2n) is 4.17. The monoisotopic (exact) mass is 255 g/mol. The van der Waals surface area contributed by atoms with Crippen LogP contribution >= 0.6 is 0 Å². The van der Waals surface area contributed by atoms with Crippen LogP contribution in [0.2, 0.25) is 0 Å². The van der Waals surface area contributed by atoms with Gasteiger partial charge in [-0.05, 0) is 5.92 Å². The molecule has 1 heterocycles. The van der Waals surface area contributed by atoms with Crippen LogP contribution in [0.25, 0.3) is 0 Å². The van der Waals surface area contributed by atoms with Crippen LogP contribution in [-0.4, -0.2) is 48.9 Å². The summed E-state index contributed by atoms with van der Waals surface area (Å²) in [5, 5.41) is 6.08. The van der Waals surface area contributed by atoms with Crippen molar-refractivity contribution in [1.29, 1.82) is 0 Å². The first-order valence-corrected chi connectivity index (χ1v) is 5.84. The van der Waals surface area contributed by atoms with E-state index in [1.165, 1.54) is 7.11 Å². The van der Waals surface area contributed by atoms with Crippen molar-refractivity contribution in [3.8, 4) is 6.01 Å². The molecule has 1 aromatic rings. The van der Waals surface area contributed by atoms with E-state index in [0.717, 1.165) is 0 Å². The quantitative estimate of drug-likeness (QED) is 0.752.